The van der Waals surface area contributed by atoms with Gasteiger partial charge in [-0.3, -0.25) is 24.2 Å². The van der Waals surface area contributed by atoms with E-state index in [0.717, 1.165) is 25.7 Å². The first-order valence-electron chi connectivity index (χ1n) is 16.7. The van der Waals surface area contributed by atoms with Crippen LogP contribution in [0.5, 0.6) is 0 Å². The summed E-state index contributed by atoms with van der Waals surface area (Å²) in [4.78, 5) is 58.6. The summed E-state index contributed by atoms with van der Waals surface area (Å²) in [6.07, 6.45) is 9.30. The van der Waals surface area contributed by atoms with E-state index in [4.69, 9.17) is 11.5 Å². The van der Waals surface area contributed by atoms with E-state index in [1.807, 2.05) is 27.7 Å². The molecule has 1 saturated heterocycles. The van der Waals surface area contributed by atoms with Crippen molar-refractivity contribution in [2.45, 2.75) is 130 Å². The summed E-state index contributed by atoms with van der Waals surface area (Å²) in [7, 11) is 0. The first kappa shape index (κ1) is 35.9. The van der Waals surface area contributed by atoms with Gasteiger partial charge >= 0.3 is 0 Å². The molecule has 1 aromatic heterocycles. The van der Waals surface area contributed by atoms with Crippen molar-refractivity contribution in [2.75, 3.05) is 6.54 Å². The third kappa shape index (κ3) is 9.02. The lowest BCUT2D eigenvalue weighted by molar-refractivity contribution is -0.123. The fraction of sp³-hybridized carbons (Fsp3) is 0.735. The van der Waals surface area contributed by atoms with Gasteiger partial charge in [0.05, 0.1) is 36.0 Å². The predicted molar refractivity (Wildman–Crippen MR) is 171 cm³/mol. The summed E-state index contributed by atoms with van der Waals surface area (Å²) in [5.41, 5.74) is 12.9. The molecule has 2 aliphatic rings. The first-order chi connectivity index (χ1) is 20.9. The van der Waals surface area contributed by atoms with Crippen molar-refractivity contribution < 1.29 is 24.3 Å². The maximum atomic E-state index is 14.3. The van der Waals surface area contributed by atoms with Crippen LogP contribution in [0.1, 0.15) is 136 Å². The molecule has 10 nitrogen and oxygen atoms in total. The van der Waals surface area contributed by atoms with Crippen LogP contribution in [0.3, 0.4) is 0 Å². The minimum absolute atomic E-state index is 0.0408. The molecule has 44 heavy (non-hydrogen) atoms. The van der Waals surface area contributed by atoms with Crippen LogP contribution in [0.4, 0.5) is 0 Å². The molecule has 6 atom stereocenters. The van der Waals surface area contributed by atoms with Gasteiger partial charge in [-0.1, -0.05) is 66.2 Å². The summed E-state index contributed by atoms with van der Waals surface area (Å²) >= 11 is 0. The van der Waals surface area contributed by atoms with E-state index < -0.39 is 35.9 Å². The smallest absolute Gasteiger partial charge is 0.237 e. The van der Waals surface area contributed by atoms with Gasteiger partial charge in [-0.15, -0.1) is 0 Å². The van der Waals surface area contributed by atoms with Crippen LogP contribution < -0.4 is 22.1 Å². The molecule has 1 amide bonds. The lowest BCUT2D eigenvalue weighted by Gasteiger charge is -2.30. The van der Waals surface area contributed by atoms with Crippen LogP contribution in [0.15, 0.2) is 6.20 Å². The molecule has 10 heteroatoms. The van der Waals surface area contributed by atoms with Crippen molar-refractivity contribution >= 4 is 23.3 Å². The topological polar surface area (TPSA) is 178 Å². The number of carbonyl (C=O) groups excluding carboxylic acids is 4. The Balaban J connectivity index is 1.95. The number of rotatable bonds is 16. The first-order valence-corrected chi connectivity index (χ1v) is 16.7. The molecule has 0 radical (unpaired) electrons. The lowest BCUT2D eigenvalue weighted by atomic mass is 9.78. The Labute approximate surface area is 262 Å². The maximum Gasteiger partial charge on any atom is 0.237 e. The van der Waals surface area contributed by atoms with Gasteiger partial charge in [0.15, 0.2) is 17.3 Å². The molecule has 1 saturated carbocycles. The third-order valence-corrected chi connectivity index (χ3v) is 9.85. The van der Waals surface area contributed by atoms with E-state index >= 15 is 0 Å². The van der Waals surface area contributed by atoms with Crippen LogP contribution >= 0.6 is 0 Å². The second-order valence-electron chi connectivity index (χ2n) is 13.5. The van der Waals surface area contributed by atoms with Gasteiger partial charge in [-0.2, -0.15) is 0 Å². The normalized spacial score (nSPS) is 21.0. The number of hydrogen-bond acceptors (Lipinski definition) is 9. The van der Waals surface area contributed by atoms with Crippen molar-refractivity contribution in [1.29, 1.82) is 0 Å². The monoisotopic (exact) mass is 613 g/mol. The second-order valence-corrected chi connectivity index (χ2v) is 13.5. The highest BCUT2D eigenvalue weighted by molar-refractivity contribution is 6.17. The lowest BCUT2D eigenvalue weighted by Crippen LogP contribution is -2.44. The molecule has 1 aromatic rings. The zero-order valence-corrected chi connectivity index (χ0v) is 27.4. The van der Waals surface area contributed by atoms with E-state index in [9.17, 15) is 24.3 Å². The van der Waals surface area contributed by atoms with Crippen LogP contribution in [0.25, 0.3) is 0 Å². The van der Waals surface area contributed by atoms with Crippen LogP contribution in [-0.2, 0) is 11.3 Å². The zero-order valence-electron chi connectivity index (χ0n) is 27.4. The number of nitrogens with one attached hydrogen (secondary N) is 2. The number of nitrogens with zero attached hydrogens (tertiary/aromatic N) is 1. The third-order valence-electron chi connectivity index (χ3n) is 9.85. The number of aliphatic hydroxyl groups is 1. The average Bonchev–Trinajstić information content (AvgIpc) is 3.55. The Morgan fingerprint density at radius 2 is 1.73 bits per heavy atom. The van der Waals surface area contributed by atoms with Gasteiger partial charge in [0, 0.05) is 29.3 Å². The number of ketones is 3. The maximum absolute atomic E-state index is 14.3. The Morgan fingerprint density at radius 3 is 2.30 bits per heavy atom. The van der Waals surface area contributed by atoms with Gasteiger partial charge in [-0.05, 0) is 56.9 Å². The van der Waals surface area contributed by atoms with E-state index in [2.05, 4.69) is 15.6 Å². The Morgan fingerprint density at radius 1 is 1.05 bits per heavy atom. The van der Waals surface area contributed by atoms with Crippen LogP contribution in [0.2, 0.25) is 0 Å². The molecule has 1 aliphatic carbocycles. The SMILES string of the molecule is CC[C@H](C)[C@H](N)C(=O)NCc1ncc(C(=O)C(C[C@H](O)[C@@H](N)CC2CCCCC2)C(C)C)c(C(=O)[C@@H]2CCCN2)c1C(C)=O. The van der Waals surface area contributed by atoms with Crippen LogP contribution in [0, 0.1) is 23.7 Å². The van der Waals surface area contributed by atoms with E-state index in [0.29, 0.717) is 25.3 Å². The molecule has 7 N–H and O–H groups in total. The second kappa shape index (κ2) is 16.7. The van der Waals surface area contributed by atoms with Gasteiger partial charge < -0.3 is 27.2 Å². The molecule has 2 heterocycles. The molecule has 0 bridgehead atoms. The number of amides is 1. The summed E-state index contributed by atoms with van der Waals surface area (Å²) in [5, 5.41) is 17.1. The summed E-state index contributed by atoms with van der Waals surface area (Å²) < 4.78 is 0. The van der Waals surface area contributed by atoms with Gasteiger partial charge in [-0.25, -0.2) is 0 Å². The van der Waals surface area contributed by atoms with Gasteiger partial charge in [0.1, 0.15) is 0 Å². The minimum Gasteiger partial charge on any atom is -0.391 e. The van der Waals surface area contributed by atoms with E-state index in [-0.39, 0.29) is 64.7 Å². The van der Waals surface area contributed by atoms with Gasteiger partial charge in [0.2, 0.25) is 5.91 Å². The highest BCUT2D eigenvalue weighted by atomic mass is 16.3. The fourth-order valence-electron chi connectivity index (χ4n) is 6.67. The molecule has 1 aliphatic heterocycles. The van der Waals surface area contributed by atoms with Gasteiger partial charge in [0.25, 0.3) is 0 Å². The molecule has 3 rings (SSSR count). The number of carbonyl (C=O) groups is 4. The number of pyridine rings is 1. The van der Waals surface area contributed by atoms with E-state index in [1.54, 1.807) is 0 Å². The Hall–Kier alpha value is -2.53. The van der Waals surface area contributed by atoms with Crippen molar-refractivity contribution in [2.24, 2.45) is 35.1 Å². The summed E-state index contributed by atoms with van der Waals surface area (Å²) in [5.74, 6) is -1.81. The largest absolute Gasteiger partial charge is 0.391 e. The van der Waals surface area contributed by atoms with Crippen molar-refractivity contribution in [3.63, 3.8) is 0 Å². The number of nitrogens with two attached hydrogens (primary N) is 2. The van der Waals surface area contributed by atoms with Crippen LogP contribution in [-0.4, -0.2) is 64.1 Å². The standard InChI is InChI=1S/C34H55N5O5/c1-6-20(4)31(36)34(44)39-18-27-29(21(5)40)30(33(43)26-13-10-14-37-26)24(17-38-27)32(42)23(19(2)3)16-28(41)25(35)15-22-11-8-7-9-12-22/h17,19-20,22-23,25-26,28,31,37,41H,6-16,18,35-36H2,1-5H3,(H,39,44)/t20-,23?,25-,26-,28-,31-/m0/s1. The Bertz CT molecular complexity index is 1160. The summed E-state index contributed by atoms with van der Waals surface area (Å²) in [6.45, 7) is 9.56. The quantitative estimate of drug-likeness (QED) is 0.174. The molecular formula is C34H55N5O5. The molecule has 246 valence electrons. The predicted octanol–water partition coefficient (Wildman–Crippen LogP) is 3.71. The number of aromatic nitrogens is 1. The minimum atomic E-state index is -0.881. The number of hydrogen-bond donors (Lipinski definition) is 5. The summed E-state index contributed by atoms with van der Waals surface area (Å²) in [6, 6.07) is -1.71. The zero-order chi connectivity index (χ0) is 32.6. The molecule has 0 spiro atoms. The molecule has 1 unspecified atom stereocenters. The fourth-order valence-corrected chi connectivity index (χ4v) is 6.67. The highest BCUT2D eigenvalue weighted by Gasteiger charge is 2.36. The number of aliphatic hydroxyl groups excluding tert-OH is 1. The average molecular weight is 614 g/mol. The highest BCUT2D eigenvalue weighted by Crippen LogP contribution is 2.32. The van der Waals surface area contributed by atoms with E-state index in [1.165, 1.54) is 32.4 Å². The molecule has 2 fully saturated rings. The molecule has 0 aromatic carbocycles. The van der Waals surface area contributed by atoms with Crippen molar-refractivity contribution in [3.05, 3.63) is 28.6 Å². The Kier molecular flexibility index (Phi) is 13.6. The number of Topliss-reactive ketones (excluding diaryl/α,β-unsaturated/α-hetero) is 3. The molecular weight excluding hydrogens is 558 g/mol. The van der Waals surface area contributed by atoms with Crippen molar-refractivity contribution in [1.82, 2.24) is 15.6 Å². The van der Waals surface area contributed by atoms with Crippen molar-refractivity contribution in [3.8, 4) is 0 Å².